The van der Waals surface area contributed by atoms with E-state index in [4.69, 9.17) is 15.7 Å². The lowest BCUT2D eigenvalue weighted by atomic mass is 10.2. The summed E-state index contributed by atoms with van der Waals surface area (Å²) in [5, 5.41) is 11.8. The van der Waals surface area contributed by atoms with Gasteiger partial charge in [0.05, 0.1) is 12.3 Å². The van der Waals surface area contributed by atoms with E-state index in [-0.39, 0.29) is 22.8 Å². The van der Waals surface area contributed by atoms with Gasteiger partial charge in [-0.3, -0.25) is 9.78 Å². The van der Waals surface area contributed by atoms with Crippen molar-refractivity contribution in [1.82, 2.24) is 15.3 Å². The van der Waals surface area contributed by atoms with Crippen LogP contribution in [-0.2, 0) is 6.54 Å². The maximum atomic E-state index is 12.2. The second-order valence-electron chi connectivity index (χ2n) is 4.87. The van der Waals surface area contributed by atoms with Gasteiger partial charge in [-0.15, -0.1) is 0 Å². The fraction of sp³-hybridized carbons (Fsp3) is 0.250. The molecule has 2 heterocycles. The first-order valence-corrected chi connectivity index (χ1v) is 7.07. The Bertz CT molecular complexity index is 768. The lowest BCUT2D eigenvalue weighted by Gasteiger charge is -2.10. The van der Waals surface area contributed by atoms with Gasteiger partial charge in [-0.25, -0.2) is 4.98 Å². The van der Waals surface area contributed by atoms with Crippen LogP contribution in [0.2, 0.25) is 0 Å². The predicted octanol–water partition coefficient (Wildman–Crippen LogP) is 1.57. The number of pyridine rings is 2. The first kappa shape index (κ1) is 16.2. The Morgan fingerprint density at radius 1 is 1.43 bits per heavy atom. The minimum absolute atomic E-state index is 0.0670. The van der Waals surface area contributed by atoms with Crippen LogP contribution in [0.1, 0.15) is 34.1 Å². The molecule has 0 saturated heterocycles. The molecule has 0 aliphatic rings. The quantitative estimate of drug-likeness (QED) is 0.866. The van der Waals surface area contributed by atoms with Crippen molar-refractivity contribution in [2.24, 2.45) is 0 Å². The number of carbonyl (C=O) groups is 1. The lowest BCUT2D eigenvalue weighted by molar-refractivity contribution is 0.0944. The molecule has 23 heavy (non-hydrogen) atoms. The van der Waals surface area contributed by atoms with Crippen LogP contribution in [0.4, 0.5) is 5.69 Å². The van der Waals surface area contributed by atoms with Gasteiger partial charge in [0.2, 0.25) is 5.88 Å². The third kappa shape index (κ3) is 3.95. The third-order valence-corrected chi connectivity index (χ3v) is 3.03. The molecule has 118 valence electrons. The number of nitrogens with two attached hydrogens (primary N) is 1. The van der Waals surface area contributed by atoms with Gasteiger partial charge < -0.3 is 15.8 Å². The van der Waals surface area contributed by atoms with E-state index in [2.05, 4.69) is 15.3 Å². The molecule has 0 radical (unpaired) electrons. The zero-order valence-corrected chi connectivity index (χ0v) is 13.0. The summed E-state index contributed by atoms with van der Waals surface area (Å²) in [6.45, 7) is 4.33. The highest BCUT2D eigenvalue weighted by Crippen LogP contribution is 2.22. The highest BCUT2D eigenvalue weighted by atomic mass is 16.5. The molecule has 0 bridgehead atoms. The van der Waals surface area contributed by atoms with Gasteiger partial charge in [-0.05, 0) is 31.0 Å². The van der Waals surface area contributed by atoms with E-state index in [0.717, 1.165) is 11.1 Å². The van der Waals surface area contributed by atoms with Gasteiger partial charge in [0.25, 0.3) is 5.91 Å². The zero-order chi connectivity index (χ0) is 16.8. The Balaban J connectivity index is 2.17. The summed E-state index contributed by atoms with van der Waals surface area (Å²) in [5.74, 6) is -0.332. The van der Waals surface area contributed by atoms with Crippen molar-refractivity contribution in [3.8, 4) is 11.9 Å². The molecular formula is C16H17N5O2. The third-order valence-electron chi connectivity index (χ3n) is 3.03. The summed E-state index contributed by atoms with van der Waals surface area (Å²) in [6, 6.07) is 5.22. The van der Waals surface area contributed by atoms with Crippen molar-refractivity contribution < 1.29 is 9.53 Å². The number of nitrogen functional groups attached to an aromatic ring is 1. The molecule has 0 saturated carbocycles. The topological polar surface area (TPSA) is 114 Å². The maximum Gasteiger partial charge on any atom is 0.270 e. The van der Waals surface area contributed by atoms with E-state index < -0.39 is 5.91 Å². The van der Waals surface area contributed by atoms with Crippen LogP contribution in [0.15, 0.2) is 24.5 Å². The number of carbonyl (C=O) groups excluding carboxylic acids is 1. The number of hydrogen-bond acceptors (Lipinski definition) is 6. The Hall–Kier alpha value is -3.14. The number of nitrogens with zero attached hydrogens (tertiary/aromatic N) is 3. The highest BCUT2D eigenvalue weighted by molar-refractivity contribution is 5.93. The van der Waals surface area contributed by atoms with Crippen LogP contribution in [-0.4, -0.2) is 22.5 Å². The fourth-order valence-corrected chi connectivity index (χ4v) is 2.00. The Kier molecular flexibility index (Phi) is 5.10. The molecule has 0 aliphatic heterocycles. The van der Waals surface area contributed by atoms with Gasteiger partial charge in [-0.2, -0.15) is 5.26 Å². The molecule has 0 atom stereocenters. The van der Waals surface area contributed by atoms with Crippen LogP contribution in [0.3, 0.4) is 0 Å². The predicted molar refractivity (Wildman–Crippen MR) is 84.7 cm³/mol. The van der Waals surface area contributed by atoms with E-state index in [1.54, 1.807) is 19.3 Å². The van der Waals surface area contributed by atoms with Crippen molar-refractivity contribution in [2.45, 2.75) is 20.4 Å². The van der Waals surface area contributed by atoms with E-state index in [9.17, 15) is 4.79 Å². The number of aryl methyl sites for hydroxylation is 1. The normalized spacial score (nSPS) is 9.96. The summed E-state index contributed by atoms with van der Waals surface area (Å²) >= 11 is 0. The van der Waals surface area contributed by atoms with E-state index >= 15 is 0 Å². The number of nitrogens with one attached hydrogen (secondary N) is 1. The smallest absolute Gasteiger partial charge is 0.270 e. The van der Waals surface area contributed by atoms with Crippen molar-refractivity contribution >= 4 is 11.6 Å². The first-order valence-electron chi connectivity index (χ1n) is 7.07. The molecule has 0 unspecified atom stereocenters. The molecule has 0 aromatic carbocycles. The largest absolute Gasteiger partial charge is 0.477 e. The molecule has 0 aliphatic carbocycles. The molecule has 0 fully saturated rings. The highest BCUT2D eigenvalue weighted by Gasteiger charge is 2.16. The first-order chi connectivity index (χ1) is 11.0. The van der Waals surface area contributed by atoms with Crippen molar-refractivity contribution in [3.63, 3.8) is 0 Å². The van der Waals surface area contributed by atoms with Gasteiger partial charge in [0.15, 0.2) is 0 Å². The van der Waals surface area contributed by atoms with Crippen molar-refractivity contribution in [3.05, 3.63) is 46.9 Å². The van der Waals surface area contributed by atoms with Gasteiger partial charge in [0, 0.05) is 18.9 Å². The molecule has 1 amide bonds. The summed E-state index contributed by atoms with van der Waals surface area (Å²) in [6.07, 6.45) is 3.42. The van der Waals surface area contributed by atoms with Crippen molar-refractivity contribution in [1.29, 1.82) is 5.26 Å². The molecule has 7 nitrogen and oxygen atoms in total. The number of amides is 1. The average molecular weight is 311 g/mol. The standard InChI is InChI=1S/C16H17N5O2/c1-3-23-16-12(6-17)13(18)5-14(21-16)15(22)20-9-11-4-10(2)7-19-8-11/h4-5,7-8H,3,9H2,1-2H3,(H2,18,21)(H,20,22). The molecular weight excluding hydrogens is 294 g/mol. The van der Waals surface area contributed by atoms with E-state index in [1.165, 1.54) is 6.07 Å². The fourth-order valence-electron chi connectivity index (χ4n) is 2.00. The van der Waals surface area contributed by atoms with Crippen LogP contribution in [0.5, 0.6) is 5.88 Å². The molecule has 7 heteroatoms. The van der Waals surface area contributed by atoms with Crippen molar-refractivity contribution in [2.75, 3.05) is 12.3 Å². The zero-order valence-electron chi connectivity index (χ0n) is 13.0. The van der Waals surface area contributed by atoms with Crippen LogP contribution < -0.4 is 15.8 Å². The average Bonchev–Trinajstić information content (AvgIpc) is 2.52. The SMILES string of the molecule is CCOc1nc(C(=O)NCc2cncc(C)c2)cc(N)c1C#N. The molecule has 3 N–H and O–H groups in total. The Morgan fingerprint density at radius 3 is 2.87 bits per heavy atom. The molecule has 2 aromatic rings. The lowest BCUT2D eigenvalue weighted by Crippen LogP contribution is -2.24. The molecule has 2 rings (SSSR count). The second kappa shape index (κ2) is 7.22. The van der Waals surface area contributed by atoms with Gasteiger partial charge in [0.1, 0.15) is 17.3 Å². The summed E-state index contributed by atoms with van der Waals surface area (Å²) in [5.41, 5.74) is 8.08. The minimum atomic E-state index is -0.399. The summed E-state index contributed by atoms with van der Waals surface area (Å²) in [7, 11) is 0. The van der Waals surface area contributed by atoms with Gasteiger partial charge >= 0.3 is 0 Å². The van der Waals surface area contributed by atoms with Crippen LogP contribution in [0, 0.1) is 18.3 Å². The monoisotopic (exact) mass is 311 g/mol. The van der Waals surface area contributed by atoms with Gasteiger partial charge in [-0.1, -0.05) is 6.07 Å². The number of anilines is 1. The second-order valence-corrected chi connectivity index (χ2v) is 4.87. The number of hydrogen-bond donors (Lipinski definition) is 2. The molecule has 0 spiro atoms. The Morgan fingerprint density at radius 2 is 2.22 bits per heavy atom. The number of ether oxygens (including phenoxy) is 1. The minimum Gasteiger partial charge on any atom is -0.477 e. The van der Waals surface area contributed by atoms with Crippen LogP contribution >= 0.6 is 0 Å². The summed E-state index contributed by atoms with van der Waals surface area (Å²) in [4.78, 5) is 20.4. The Labute approximate surface area is 134 Å². The number of rotatable bonds is 5. The number of nitriles is 1. The number of aromatic nitrogens is 2. The van der Waals surface area contributed by atoms with E-state index in [1.807, 2.05) is 19.1 Å². The summed E-state index contributed by atoms with van der Waals surface area (Å²) < 4.78 is 5.27. The molecule has 2 aromatic heterocycles. The van der Waals surface area contributed by atoms with Crippen LogP contribution in [0.25, 0.3) is 0 Å². The maximum absolute atomic E-state index is 12.2. The van der Waals surface area contributed by atoms with E-state index in [0.29, 0.717) is 13.2 Å².